The van der Waals surface area contributed by atoms with E-state index in [1.807, 2.05) is 30.3 Å². The molecular weight excluding hydrogens is 378 g/mol. The lowest BCUT2D eigenvalue weighted by atomic mass is 9.54. The molecule has 2 atom stereocenters. The Balaban J connectivity index is 1.88. The Morgan fingerprint density at radius 1 is 0.966 bits per heavy atom. The van der Waals surface area contributed by atoms with E-state index >= 15 is 0 Å². The third-order valence-corrected chi connectivity index (χ3v) is 7.84. The van der Waals surface area contributed by atoms with Crippen molar-refractivity contribution in [1.29, 1.82) is 0 Å². The van der Waals surface area contributed by atoms with E-state index in [0.717, 1.165) is 56.7 Å². The van der Waals surface area contributed by atoms with E-state index < -0.39 is 5.41 Å². The summed E-state index contributed by atoms with van der Waals surface area (Å²) in [5, 5.41) is 0. The molecule has 2 fully saturated rings. The van der Waals surface area contributed by atoms with Crippen molar-refractivity contribution in [3.8, 4) is 0 Å². The summed E-state index contributed by atoms with van der Waals surface area (Å²) in [6.07, 6.45) is 6.28. The molecule has 154 valence electrons. The number of hydrogen-bond donors (Lipinski definition) is 0. The Morgan fingerprint density at radius 3 is 2.28 bits per heavy atom. The van der Waals surface area contributed by atoms with Crippen LogP contribution in [0.5, 0.6) is 0 Å². The predicted molar refractivity (Wildman–Crippen MR) is 120 cm³/mol. The maximum Gasteiger partial charge on any atom is 0.175 e. The van der Waals surface area contributed by atoms with Gasteiger partial charge in [0.05, 0.1) is 18.6 Å². The molecule has 29 heavy (non-hydrogen) atoms. The third kappa shape index (κ3) is 3.56. The Bertz CT molecular complexity index is 832. The second-order valence-corrected chi connectivity index (χ2v) is 9.29. The van der Waals surface area contributed by atoms with Crippen LogP contribution in [0.4, 0.5) is 0 Å². The van der Waals surface area contributed by atoms with Gasteiger partial charge in [0, 0.05) is 29.1 Å². The Kier molecular flexibility index (Phi) is 6.14. The minimum atomic E-state index is -0.541. The number of hydrogen-bond acceptors (Lipinski definition) is 4. The lowest BCUT2D eigenvalue weighted by Crippen LogP contribution is -2.67. The van der Waals surface area contributed by atoms with Gasteiger partial charge < -0.3 is 4.74 Å². The molecule has 2 unspecified atom stereocenters. The monoisotopic (exact) mass is 409 g/mol. The third-order valence-electron chi connectivity index (χ3n) is 7.10. The smallest absolute Gasteiger partial charge is 0.175 e. The van der Waals surface area contributed by atoms with Crippen molar-refractivity contribution in [2.75, 3.05) is 32.6 Å². The lowest BCUT2D eigenvalue weighted by Gasteiger charge is -2.57. The van der Waals surface area contributed by atoms with Crippen molar-refractivity contribution in [3.05, 3.63) is 65.7 Å². The highest BCUT2D eigenvalue weighted by atomic mass is 32.2. The molecule has 0 bridgehead atoms. The van der Waals surface area contributed by atoms with Crippen LogP contribution >= 0.6 is 11.8 Å². The number of nitrogens with zero attached hydrogens (tertiary/aromatic N) is 1. The van der Waals surface area contributed by atoms with Gasteiger partial charge >= 0.3 is 0 Å². The van der Waals surface area contributed by atoms with Gasteiger partial charge in [-0.2, -0.15) is 0 Å². The van der Waals surface area contributed by atoms with Crippen molar-refractivity contribution >= 4 is 17.5 Å². The molecule has 4 rings (SSSR count). The van der Waals surface area contributed by atoms with Crippen molar-refractivity contribution in [1.82, 2.24) is 4.90 Å². The second-order valence-electron chi connectivity index (χ2n) is 8.41. The molecule has 2 aromatic carbocycles. The number of carbonyl (C=O) groups is 1. The topological polar surface area (TPSA) is 29.5 Å². The Labute approximate surface area is 178 Å². The van der Waals surface area contributed by atoms with Crippen LogP contribution in [0.2, 0.25) is 0 Å². The highest BCUT2D eigenvalue weighted by molar-refractivity contribution is 7.98. The Morgan fingerprint density at radius 2 is 1.62 bits per heavy atom. The maximum atomic E-state index is 14.3. The van der Waals surface area contributed by atoms with Crippen LogP contribution in [-0.4, -0.2) is 48.8 Å². The van der Waals surface area contributed by atoms with E-state index in [9.17, 15) is 4.79 Å². The molecule has 4 heteroatoms. The number of rotatable bonds is 5. The molecule has 2 aromatic rings. The largest absolute Gasteiger partial charge is 0.379 e. The zero-order valence-electron chi connectivity index (χ0n) is 17.5. The maximum absolute atomic E-state index is 14.3. The van der Waals surface area contributed by atoms with Crippen molar-refractivity contribution < 1.29 is 9.53 Å². The summed E-state index contributed by atoms with van der Waals surface area (Å²) in [7, 11) is 0. The van der Waals surface area contributed by atoms with E-state index in [-0.39, 0.29) is 11.3 Å². The number of morpholine rings is 1. The van der Waals surface area contributed by atoms with Crippen LogP contribution in [0, 0.1) is 0 Å². The van der Waals surface area contributed by atoms with Crippen molar-refractivity contribution in [2.24, 2.45) is 0 Å². The summed E-state index contributed by atoms with van der Waals surface area (Å²) >= 11 is 1.74. The minimum Gasteiger partial charge on any atom is -0.379 e. The molecule has 0 radical (unpaired) electrons. The summed E-state index contributed by atoms with van der Waals surface area (Å²) in [6.45, 7) is 5.61. The van der Waals surface area contributed by atoms with Gasteiger partial charge in [0.25, 0.3) is 0 Å². The molecule has 3 nitrogen and oxygen atoms in total. The van der Waals surface area contributed by atoms with Gasteiger partial charge in [0.15, 0.2) is 5.78 Å². The first-order valence-corrected chi connectivity index (χ1v) is 11.9. The number of ether oxygens (including phenoxy) is 1. The van der Waals surface area contributed by atoms with Crippen LogP contribution in [-0.2, 0) is 10.2 Å². The lowest BCUT2D eigenvalue weighted by molar-refractivity contribution is -0.0588. The first kappa shape index (κ1) is 20.6. The molecule has 0 aromatic heterocycles. The van der Waals surface area contributed by atoms with Crippen LogP contribution < -0.4 is 0 Å². The van der Waals surface area contributed by atoms with Gasteiger partial charge in [-0.1, -0.05) is 55.3 Å². The highest BCUT2D eigenvalue weighted by Gasteiger charge is 2.58. The zero-order valence-corrected chi connectivity index (χ0v) is 18.3. The standard InChI is InChI=1S/C25H31NO2S/c1-24(26-16-18-28-19-17-26)14-6-7-15-25(24,21-10-12-22(29-2)13-11-21)23(27)20-8-4-3-5-9-20/h3-5,8-13H,6-7,14-19H2,1-2H3. The molecule has 1 saturated carbocycles. The summed E-state index contributed by atoms with van der Waals surface area (Å²) in [4.78, 5) is 18.0. The fourth-order valence-corrected chi connectivity index (χ4v) is 5.89. The van der Waals surface area contributed by atoms with Gasteiger partial charge in [-0.15, -0.1) is 11.8 Å². The van der Waals surface area contributed by atoms with Crippen LogP contribution in [0.15, 0.2) is 59.5 Å². The van der Waals surface area contributed by atoms with E-state index in [4.69, 9.17) is 4.74 Å². The zero-order chi connectivity index (χ0) is 20.3. The average Bonchev–Trinajstić information content (AvgIpc) is 2.80. The van der Waals surface area contributed by atoms with Gasteiger partial charge in [-0.25, -0.2) is 0 Å². The summed E-state index contributed by atoms with van der Waals surface area (Å²) in [6, 6.07) is 18.7. The normalized spacial score (nSPS) is 28.2. The molecule has 0 N–H and O–H groups in total. The SMILES string of the molecule is CSc1ccc(C2(C(=O)c3ccccc3)CCCCC2(C)N2CCOCC2)cc1. The molecule has 1 saturated heterocycles. The minimum absolute atomic E-state index is 0.219. The van der Waals surface area contributed by atoms with Crippen LogP contribution in [0.3, 0.4) is 0 Å². The van der Waals surface area contributed by atoms with E-state index in [1.54, 1.807) is 11.8 Å². The number of Topliss-reactive ketones (excluding diaryl/α,β-unsaturated/α-hetero) is 1. The number of carbonyl (C=O) groups excluding carboxylic acids is 1. The van der Waals surface area contributed by atoms with Crippen molar-refractivity contribution in [3.63, 3.8) is 0 Å². The second kappa shape index (κ2) is 8.63. The van der Waals surface area contributed by atoms with E-state index in [2.05, 4.69) is 42.3 Å². The van der Waals surface area contributed by atoms with Gasteiger partial charge in [0.1, 0.15) is 0 Å². The van der Waals surface area contributed by atoms with Crippen LogP contribution in [0.1, 0.15) is 48.5 Å². The van der Waals surface area contributed by atoms with Crippen molar-refractivity contribution in [2.45, 2.75) is 48.5 Å². The molecule has 1 aliphatic carbocycles. The summed E-state index contributed by atoms with van der Waals surface area (Å²) in [5.74, 6) is 0.267. The fraction of sp³-hybridized carbons (Fsp3) is 0.480. The summed E-state index contributed by atoms with van der Waals surface area (Å²) in [5.41, 5.74) is 1.23. The van der Waals surface area contributed by atoms with Gasteiger partial charge in [-0.3, -0.25) is 9.69 Å². The molecular formula is C25H31NO2S. The molecule has 2 aliphatic rings. The highest BCUT2D eigenvalue weighted by Crippen LogP contribution is 2.52. The Hall–Kier alpha value is -1.62. The van der Waals surface area contributed by atoms with E-state index in [1.165, 1.54) is 11.3 Å². The van der Waals surface area contributed by atoms with E-state index in [0.29, 0.717) is 0 Å². The molecule has 0 amide bonds. The quantitative estimate of drug-likeness (QED) is 0.502. The number of ketones is 1. The fourth-order valence-electron chi connectivity index (χ4n) is 5.48. The number of thioether (sulfide) groups is 1. The molecule has 1 heterocycles. The van der Waals surface area contributed by atoms with Gasteiger partial charge in [0.2, 0.25) is 0 Å². The summed E-state index contributed by atoms with van der Waals surface area (Å²) < 4.78 is 5.66. The predicted octanol–water partition coefficient (Wildman–Crippen LogP) is 5.19. The first-order valence-electron chi connectivity index (χ1n) is 10.7. The van der Waals surface area contributed by atoms with Gasteiger partial charge in [-0.05, 0) is 43.7 Å². The van der Waals surface area contributed by atoms with Crippen LogP contribution in [0.25, 0.3) is 0 Å². The average molecular weight is 410 g/mol. The first-order chi connectivity index (χ1) is 14.1. The molecule has 1 aliphatic heterocycles. The molecule has 0 spiro atoms. The number of benzene rings is 2.